The van der Waals surface area contributed by atoms with E-state index in [1.54, 1.807) is 6.20 Å². The second-order valence-corrected chi connectivity index (χ2v) is 5.00. The molecule has 1 aromatic heterocycles. The van der Waals surface area contributed by atoms with Crippen LogP contribution in [0, 0.1) is 0 Å². The summed E-state index contributed by atoms with van der Waals surface area (Å²) < 4.78 is 0. The molecule has 3 N–H and O–H groups in total. The van der Waals surface area contributed by atoms with E-state index in [4.69, 9.17) is 0 Å². The molecule has 2 rings (SSSR count). The van der Waals surface area contributed by atoms with Crippen LogP contribution < -0.4 is 16.0 Å². The lowest BCUT2D eigenvalue weighted by molar-refractivity contribution is -0.114. The minimum Gasteiger partial charge on any atom is -0.350 e. The van der Waals surface area contributed by atoms with E-state index >= 15 is 0 Å². The summed E-state index contributed by atoms with van der Waals surface area (Å²) in [5.74, 6) is 1.00. The Kier molecular flexibility index (Phi) is 5.24. The molecular formula is C15H20N6O. The number of benzene rings is 1. The van der Waals surface area contributed by atoms with E-state index in [-0.39, 0.29) is 11.9 Å². The number of hydrogen-bond donors (Lipinski definition) is 3. The lowest BCUT2D eigenvalue weighted by Gasteiger charge is -2.11. The molecule has 1 amide bonds. The first-order chi connectivity index (χ1) is 10.6. The summed E-state index contributed by atoms with van der Waals surface area (Å²) in [6.45, 7) is 5.62. The molecule has 0 saturated carbocycles. The van der Waals surface area contributed by atoms with Gasteiger partial charge < -0.3 is 16.0 Å². The predicted molar refractivity (Wildman–Crippen MR) is 87.2 cm³/mol. The Hall–Kier alpha value is -2.70. The van der Waals surface area contributed by atoms with Gasteiger partial charge in [-0.1, -0.05) is 6.92 Å². The molecule has 0 aliphatic rings. The number of aromatic nitrogens is 3. The largest absolute Gasteiger partial charge is 0.350 e. The number of nitrogens with one attached hydrogen (secondary N) is 3. The second kappa shape index (κ2) is 7.35. The van der Waals surface area contributed by atoms with Crippen LogP contribution in [0.15, 0.2) is 30.5 Å². The molecular weight excluding hydrogens is 280 g/mol. The van der Waals surface area contributed by atoms with E-state index in [9.17, 15) is 4.79 Å². The van der Waals surface area contributed by atoms with Crippen molar-refractivity contribution in [1.29, 1.82) is 0 Å². The number of anilines is 4. The number of amides is 1. The number of carbonyl (C=O) groups excluding carboxylic acids is 1. The molecule has 1 aromatic carbocycles. The van der Waals surface area contributed by atoms with E-state index in [1.165, 1.54) is 6.92 Å². The van der Waals surface area contributed by atoms with Crippen molar-refractivity contribution in [3.63, 3.8) is 0 Å². The van der Waals surface area contributed by atoms with Gasteiger partial charge in [-0.2, -0.15) is 10.1 Å². The molecule has 0 aliphatic heterocycles. The Morgan fingerprint density at radius 3 is 2.55 bits per heavy atom. The third-order valence-electron chi connectivity index (χ3n) is 3.02. The highest BCUT2D eigenvalue weighted by Gasteiger charge is 2.04. The summed E-state index contributed by atoms with van der Waals surface area (Å²) in [6.07, 6.45) is 2.54. The summed E-state index contributed by atoms with van der Waals surface area (Å²) in [6, 6.07) is 7.63. The van der Waals surface area contributed by atoms with Crippen LogP contribution >= 0.6 is 0 Å². The average molecular weight is 300 g/mol. The Bertz CT molecular complexity index is 628. The fraction of sp³-hybridized carbons (Fsp3) is 0.333. The van der Waals surface area contributed by atoms with Crippen LogP contribution in [0.2, 0.25) is 0 Å². The van der Waals surface area contributed by atoms with E-state index < -0.39 is 0 Å². The fourth-order valence-corrected chi connectivity index (χ4v) is 1.74. The number of rotatable bonds is 6. The smallest absolute Gasteiger partial charge is 0.244 e. The first-order valence-electron chi connectivity index (χ1n) is 7.17. The second-order valence-electron chi connectivity index (χ2n) is 5.00. The van der Waals surface area contributed by atoms with Crippen LogP contribution in [0.1, 0.15) is 27.2 Å². The van der Waals surface area contributed by atoms with E-state index in [0.717, 1.165) is 17.8 Å². The van der Waals surface area contributed by atoms with Crippen molar-refractivity contribution in [3.8, 4) is 0 Å². The molecule has 7 nitrogen and oxygen atoms in total. The molecule has 0 radical (unpaired) electrons. The Balaban J connectivity index is 2.04. The molecule has 1 atom stereocenters. The van der Waals surface area contributed by atoms with Crippen LogP contribution in [0.5, 0.6) is 0 Å². The SMILES string of the molecule is CCC(C)Nc1nncc(Nc2ccc(NC(C)=O)cc2)n1. The van der Waals surface area contributed by atoms with Gasteiger partial charge in [-0.15, -0.1) is 5.10 Å². The van der Waals surface area contributed by atoms with Crippen LogP contribution in [-0.4, -0.2) is 27.1 Å². The average Bonchev–Trinajstić information content (AvgIpc) is 2.49. The van der Waals surface area contributed by atoms with Gasteiger partial charge in [-0.05, 0) is 37.6 Å². The molecule has 1 unspecified atom stereocenters. The lowest BCUT2D eigenvalue weighted by atomic mass is 10.2. The molecule has 0 spiro atoms. The zero-order chi connectivity index (χ0) is 15.9. The maximum Gasteiger partial charge on any atom is 0.244 e. The molecule has 0 saturated heterocycles. The number of nitrogens with zero attached hydrogens (tertiary/aromatic N) is 3. The van der Waals surface area contributed by atoms with E-state index in [2.05, 4.69) is 45.0 Å². The van der Waals surface area contributed by atoms with Crippen molar-refractivity contribution in [3.05, 3.63) is 30.5 Å². The summed E-state index contributed by atoms with van der Waals surface area (Å²) in [4.78, 5) is 15.3. The van der Waals surface area contributed by atoms with Crippen LogP contribution in [0.4, 0.5) is 23.1 Å². The zero-order valence-corrected chi connectivity index (χ0v) is 12.9. The standard InChI is InChI=1S/C15H20N6O/c1-4-10(2)17-15-20-14(9-16-21-15)19-13-7-5-12(6-8-13)18-11(3)22/h5-10H,4H2,1-3H3,(H,18,22)(H2,17,19,20,21). The van der Waals surface area contributed by atoms with Gasteiger partial charge in [0.2, 0.25) is 11.9 Å². The third kappa shape index (κ3) is 4.69. The van der Waals surface area contributed by atoms with Crippen molar-refractivity contribution in [2.24, 2.45) is 0 Å². The van der Waals surface area contributed by atoms with Gasteiger partial charge in [0.15, 0.2) is 5.82 Å². The molecule has 116 valence electrons. The van der Waals surface area contributed by atoms with Gasteiger partial charge in [0.1, 0.15) is 0 Å². The van der Waals surface area contributed by atoms with Crippen LogP contribution in [-0.2, 0) is 4.79 Å². The van der Waals surface area contributed by atoms with Crippen molar-refractivity contribution in [1.82, 2.24) is 15.2 Å². The summed E-state index contributed by atoms with van der Waals surface area (Å²) in [5.41, 5.74) is 1.60. The first kappa shape index (κ1) is 15.7. The molecule has 7 heteroatoms. The number of carbonyl (C=O) groups is 1. The highest BCUT2D eigenvalue weighted by molar-refractivity contribution is 5.88. The highest BCUT2D eigenvalue weighted by Crippen LogP contribution is 2.17. The monoisotopic (exact) mass is 300 g/mol. The maximum absolute atomic E-state index is 11.0. The zero-order valence-electron chi connectivity index (χ0n) is 12.9. The summed E-state index contributed by atoms with van der Waals surface area (Å²) in [5, 5.41) is 16.9. The number of hydrogen-bond acceptors (Lipinski definition) is 6. The van der Waals surface area contributed by atoms with Crippen LogP contribution in [0.3, 0.4) is 0 Å². The van der Waals surface area contributed by atoms with Crippen molar-refractivity contribution in [2.45, 2.75) is 33.2 Å². The van der Waals surface area contributed by atoms with Gasteiger partial charge in [0, 0.05) is 24.3 Å². The van der Waals surface area contributed by atoms with Crippen molar-refractivity contribution < 1.29 is 4.79 Å². The minimum atomic E-state index is -0.0959. The predicted octanol–water partition coefficient (Wildman–Crippen LogP) is 2.78. The quantitative estimate of drug-likeness (QED) is 0.759. The summed E-state index contributed by atoms with van der Waals surface area (Å²) >= 11 is 0. The molecule has 0 aliphatic carbocycles. The highest BCUT2D eigenvalue weighted by atomic mass is 16.1. The first-order valence-corrected chi connectivity index (χ1v) is 7.17. The maximum atomic E-state index is 11.0. The lowest BCUT2D eigenvalue weighted by Crippen LogP contribution is -2.16. The van der Waals surface area contributed by atoms with Gasteiger partial charge in [-0.3, -0.25) is 4.79 Å². The normalized spacial score (nSPS) is 11.6. The van der Waals surface area contributed by atoms with Gasteiger partial charge >= 0.3 is 0 Å². The van der Waals surface area contributed by atoms with Crippen molar-refractivity contribution in [2.75, 3.05) is 16.0 Å². The molecule has 0 fully saturated rings. The Morgan fingerprint density at radius 2 is 1.91 bits per heavy atom. The molecule has 1 heterocycles. The fourth-order valence-electron chi connectivity index (χ4n) is 1.74. The topological polar surface area (TPSA) is 91.8 Å². The van der Waals surface area contributed by atoms with Gasteiger partial charge in [0.05, 0.1) is 6.20 Å². The molecule has 0 bridgehead atoms. The van der Waals surface area contributed by atoms with E-state index in [1.807, 2.05) is 24.3 Å². The van der Waals surface area contributed by atoms with E-state index in [0.29, 0.717) is 11.8 Å². The van der Waals surface area contributed by atoms with Gasteiger partial charge in [-0.25, -0.2) is 0 Å². The summed E-state index contributed by atoms with van der Waals surface area (Å²) in [7, 11) is 0. The van der Waals surface area contributed by atoms with Crippen LogP contribution in [0.25, 0.3) is 0 Å². The molecule has 2 aromatic rings. The Labute approximate surface area is 129 Å². The third-order valence-corrected chi connectivity index (χ3v) is 3.02. The van der Waals surface area contributed by atoms with Crippen molar-refractivity contribution >= 4 is 29.0 Å². The minimum absolute atomic E-state index is 0.0959. The Morgan fingerprint density at radius 1 is 1.23 bits per heavy atom. The van der Waals surface area contributed by atoms with Gasteiger partial charge in [0.25, 0.3) is 0 Å². The molecule has 22 heavy (non-hydrogen) atoms.